The Morgan fingerprint density at radius 1 is 0.635 bits per heavy atom. The van der Waals surface area contributed by atoms with Gasteiger partial charge in [-0.15, -0.1) is 0 Å². The molecular formula is C46H42N4OPt-2. The third kappa shape index (κ3) is 5.86. The van der Waals surface area contributed by atoms with Crippen molar-refractivity contribution in [3.05, 3.63) is 148 Å². The first-order chi connectivity index (χ1) is 24.8. The Kier molecular flexibility index (Phi) is 8.27. The summed E-state index contributed by atoms with van der Waals surface area (Å²) >= 11 is 2.47. The van der Waals surface area contributed by atoms with Gasteiger partial charge in [-0.2, -0.15) is 0 Å². The van der Waals surface area contributed by atoms with E-state index in [9.17, 15) is 0 Å². The molecule has 0 aliphatic carbocycles. The van der Waals surface area contributed by atoms with E-state index in [0.717, 1.165) is 59.4 Å². The van der Waals surface area contributed by atoms with Crippen molar-refractivity contribution in [2.24, 2.45) is 0 Å². The van der Waals surface area contributed by atoms with Gasteiger partial charge in [-0.1, -0.05) is 18.2 Å². The van der Waals surface area contributed by atoms with E-state index in [1.54, 1.807) is 0 Å². The fourth-order valence-corrected chi connectivity index (χ4v) is 8.15. The summed E-state index contributed by atoms with van der Waals surface area (Å²) in [5.41, 5.74) is 11.0. The molecule has 0 atom stereocenters. The van der Waals surface area contributed by atoms with Crippen LogP contribution in [0.15, 0.2) is 109 Å². The van der Waals surface area contributed by atoms with Crippen LogP contribution in [0, 0.1) is 29.8 Å². The molecule has 5 nitrogen and oxygen atoms in total. The predicted molar refractivity (Wildman–Crippen MR) is 209 cm³/mol. The van der Waals surface area contributed by atoms with Gasteiger partial charge in [-0.05, 0) is 6.07 Å². The average molecular weight is 862 g/mol. The van der Waals surface area contributed by atoms with Gasteiger partial charge in [0.15, 0.2) is 0 Å². The molecule has 0 N–H and O–H groups in total. The summed E-state index contributed by atoms with van der Waals surface area (Å²) in [5, 5.41) is 2.25. The van der Waals surface area contributed by atoms with E-state index in [4.69, 9.17) is 9.72 Å². The van der Waals surface area contributed by atoms with Gasteiger partial charge in [0.2, 0.25) is 0 Å². The molecule has 264 valence electrons. The zero-order valence-corrected chi connectivity index (χ0v) is 33.2. The second-order valence-electron chi connectivity index (χ2n) is 15.7. The molecule has 0 spiro atoms. The van der Waals surface area contributed by atoms with Gasteiger partial charge in [-0.3, -0.25) is 0 Å². The minimum atomic E-state index is -0.190. The van der Waals surface area contributed by atoms with Crippen molar-refractivity contribution in [1.29, 1.82) is 0 Å². The summed E-state index contributed by atoms with van der Waals surface area (Å²) in [4.78, 5) is 4.70. The molecule has 0 radical (unpaired) electrons. The molecule has 0 amide bonds. The van der Waals surface area contributed by atoms with E-state index in [0.29, 0.717) is 11.5 Å². The van der Waals surface area contributed by atoms with Crippen LogP contribution in [-0.2, 0) is 30.2 Å². The molecule has 6 heteroatoms. The maximum absolute atomic E-state index is 6.87. The maximum atomic E-state index is 6.87. The number of hydrogen-bond donors (Lipinski definition) is 0. The third-order valence-corrected chi connectivity index (χ3v) is 11.0. The Balaban J connectivity index is 1.32. The van der Waals surface area contributed by atoms with Crippen LogP contribution < -0.4 is 4.74 Å². The fourth-order valence-electron chi connectivity index (χ4n) is 7.03. The molecule has 3 heterocycles. The second-order valence-corrected chi connectivity index (χ2v) is 16.7. The van der Waals surface area contributed by atoms with E-state index < -0.39 is 0 Å². The van der Waals surface area contributed by atoms with Gasteiger partial charge < -0.3 is 0 Å². The molecule has 0 saturated carbocycles. The minimum absolute atomic E-state index is 0.0296. The number of aryl methyl sites for hydroxylation is 2. The number of nitrogens with zero attached hydrogens (tertiary/aromatic N) is 4. The van der Waals surface area contributed by atoms with Crippen molar-refractivity contribution in [1.82, 2.24) is 18.7 Å². The number of ether oxygens (including phenoxy) is 1. The Morgan fingerprint density at radius 3 is 2.08 bits per heavy atom. The number of aromatic nitrogens is 4. The molecule has 8 aromatic rings. The zero-order chi connectivity index (χ0) is 36.5. The van der Waals surface area contributed by atoms with E-state index in [2.05, 4.69) is 179 Å². The summed E-state index contributed by atoms with van der Waals surface area (Å²) in [6.45, 7) is 17.8. The molecule has 0 fully saturated rings. The topological polar surface area (TPSA) is 36.9 Å². The summed E-state index contributed by atoms with van der Waals surface area (Å²) in [6, 6.07) is 43.8. The fraction of sp³-hybridized carbons (Fsp3) is 0.217. The van der Waals surface area contributed by atoms with Crippen LogP contribution in [0.2, 0.25) is 0 Å². The standard InChI is InChI=1S/C46H42N4O.Pt/c1-30-24-41-42(25-31(30)2)49(29-48(41)33-15-13-14-32(26-33)45(3,4)5)34-19-22-38(46(6,7)8)43(27-34)51-35-20-21-37-36-16-9-10-17-39(36)50(40(37)28-35)44-18-11-12-23-47-44;/h9-26H,1-8H3;/q-2;. The van der Waals surface area contributed by atoms with E-state index >= 15 is 0 Å². The Bertz CT molecular complexity index is 2720. The van der Waals surface area contributed by atoms with Crippen LogP contribution in [-0.4, -0.2) is 18.7 Å². The number of pyridine rings is 1. The van der Waals surface area contributed by atoms with Gasteiger partial charge in [0.1, 0.15) is 0 Å². The Labute approximate surface area is 316 Å². The molecular weight excluding hydrogens is 820 g/mol. The first kappa shape index (κ1) is 34.1. The second kappa shape index (κ2) is 12.6. The summed E-state index contributed by atoms with van der Waals surface area (Å²) in [7, 11) is 0. The third-order valence-electron chi connectivity index (χ3n) is 9.97. The van der Waals surface area contributed by atoms with Crippen LogP contribution in [0.1, 0.15) is 63.8 Å². The molecule has 0 saturated heterocycles. The van der Waals surface area contributed by atoms with Crippen LogP contribution in [0.5, 0.6) is 11.5 Å². The molecule has 52 heavy (non-hydrogen) atoms. The van der Waals surface area contributed by atoms with E-state index in [-0.39, 0.29) is 10.8 Å². The molecule has 5 aromatic carbocycles. The first-order valence-corrected chi connectivity index (χ1v) is 18.9. The SMILES string of the molecule is Cc1cc2c(cc1C)n(-c1cccc(C(C)(C)C)c1)[c](=[Pt])n2-c1[c-]c(Oc2[c-]c3c(cc2)c2ccccc2n3-c2ccccn2)c(C(C)(C)C)cc1. The van der Waals surface area contributed by atoms with Gasteiger partial charge in [0.05, 0.1) is 0 Å². The summed E-state index contributed by atoms with van der Waals surface area (Å²) in [5.74, 6) is 2.15. The van der Waals surface area contributed by atoms with Crippen molar-refractivity contribution >= 4 is 32.8 Å². The molecule has 8 rings (SSSR count). The van der Waals surface area contributed by atoms with Crippen molar-refractivity contribution in [3.63, 3.8) is 0 Å². The number of fused-ring (bicyclic) bond motifs is 4. The molecule has 0 unspecified atom stereocenters. The number of hydrogen-bond acceptors (Lipinski definition) is 2. The van der Waals surface area contributed by atoms with Gasteiger partial charge in [-0.25, -0.2) is 0 Å². The molecule has 3 aromatic heterocycles. The Hall–Kier alpha value is -4.99. The molecule has 0 bridgehead atoms. The quantitative estimate of drug-likeness (QED) is 0.162. The zero-order valence-electron chi connectivity index (χ0n) is 30.9. The number of para-hydroxylation sites is 1. The monoisotopic (exact) mass is 861 g/mol. The van der Waals surface area contributed by atoms with Crippen LogP contribution in [0.4, 0.5) is 0 Å². The van der Waals surface area contributed by atoms with Crippen molar-refractivity contribution < 1.29 is 24.1 Å². The van der Waals surface area contributed by atoms with E-state index in [1.165, 1.54) is 16.7 Å². The van der Waals surface area contributed by atoms with Crippen molar-refractivity contribution in [2.75, 3.05) is 0 Å². The Morgan fingerprint density at radius 2 is 1.37 bits per heavy atom. The van der Waals surface area contributed by atoms with Crippen LogP contribution in [0.3, 0.4) is 0 Å². The number of benzene rings is 5. The summed E-state index contributed by atoms with van der Waals surface area (Å²) < 4.78 is 14.8. The molecule has 0 aliphatic heterocycles. The molecule has 0 aliphatic rings. The average Bonchev–Trinajstić information content (AvgIpc) is 3.58. The number of rotatable bonds is 5. The predicted octanol–water partition coefficient (Wildman–Crippen LogP) is 11.6. The van der Waals surface area contributed by atoms with Crippen LogP contribution >= 0.6 is 0 Å². The normalized spacial score (nSPS) is 12.3. The van der Waals surface area contributed by atoms with Gasteiger partial charge in [0.25, 0.3) is 0 Å². The van der Waals surface area contributed by atoms with Gasteiger partial charge in [0, 0.05) is 6.20 Å². The first-order valence-electron chi connectivity index (χ1n) is 17.7. The van der Waals surface area contributed by atoms with Crippen molar-refractivity contribution in [2.45, 2.75) is 66.2 Å². The number of imidazole rings is 1. The van der Waals surface area contributed by atoms with E-state index in [1.807, 2.05) is 30.5 Å². The van der Waals surface area contributed by atoms with Gasteiger partial charge >= 0.3 is 288 Å². The summed E-state index contributed by atoms with van der Waals surface area (Å²) in [6.07, 6.45) is 1.83. The van der Waals surface area contributed by atoms with Crippen molar-refractivity contribution in [3.8, 4) is 28.7 Å². The van der Waals surface area contributed by atoms with Crippen LogP contribution in [0.25, 0.3) is 50.0 Å².